The van der Waals surface area contributed by atoms with Gasteiger partial charge in [-0.05, 0) is 26.9 Å². The molecule has 1 atom stereocenters. The monoisotopic (exact) mass is 271 g/mol. The third-order valence-corrected chi connectivity index (χ3v) is 2.25. The second kappa shape index (κ2) is 6.43. The molecule has 0 aromatic carbocycles. The highest BCUT2D eigenvalue weighted by Crippen LogP contribution is 2.30. The number of nitrogens with one attached hydrogen (secondary N) is 3. The lowest BCUT2D eigenvalue weighted by Crippen LogP contribution is -2.63. The molecule has 18 heavy (non-hydrogen) atoms. The van der Waals surface area contributed by atoms with Crippen LogP contribution in [-0.2, 0) is 4.79 Å². The quantitative estimate of drug-likeness (QED) is 0.523. The first-order valence-electron chi connectivity index (χ1n) is 5.16. The summed E-state index contributed by atoms with van der Waals surface area (Å²) in [5, 5.41) is 14.9. The lowest BCUT2D eigenvalue weighted by molar-refractivity contribution is -0.203. The summed E-state index contributed by atoms with van der Waals surface area (Å²) in [6.07, 6.45) is -4.57. The predicted molar refractivity (Wildman–Crippen MR) is 57.2 cm³/mol. The highest BCUT2D eigenvalue weighted by atomic mass is 19.4. The van der Waals surface area contributed by atoms with Gasteiger partial charge in [0.1, 0.15) is 0 Å². The number of halogens is 3. The Hall–Kier alpha value is -1.51. The van der Waals surface area contributed by atoms with Gasteiger partial charge in [0.2, 0.25) is 5.54 Å². The van der Waals surface area contributed by atoms with Crippen molar-refractivity contribution in [1.82, 2.24) is 16.0 Å². The molecule has 0 aliphatic rings. The van der Waals surface area contributed by atoms with E-state index in [0.717, 1.165) is 0 Å². The summed E-state index contributed by atoms with van der Waals surface area (Å²) in [7, 11) is 1.69. The van der Waals surface area contributed by atoms with E-state index in [4.69, 9.17) is 5.11 Å². The van der Waals surface area contributed by atoms with Crippen LogP contribution in [0, 0.1) is 0 Å². The van der Waals surface area contributed by atoms with Crippen LogP contribution in [0.25, 0.3) is 0 Å². The number of amides is 2. The molecule has 6 nitrogen and oxygen atoms in total. The molecule has 9 heteroatoms. The standard InChI is InChI=1S/C9H16F3N3O3/c1-8(6(16)17,9(10,11)12)15-7(18)14-5-3-4-13-2/h13H,3-5H2,1-2H3,(H,16,17)(H2,14,15,18). The minimum atomic E-state index is -5.08. The fraction of sp³-hybridized carbons (Fsp3) is 0.778. The largest absolute Gasteiger partial charge is 0.479 e. The van der Waals surface area contributed by atoms with Crippen LogP contribution in [0.5, 0.6) is 0 Å². The van der Waals surface area contributed by atoms with Crippen LogP contribution < -0.4 is 16.0 Å². The molecule has 4 N–H and O–H groups in total. The van der Waals surface area contributed by atoms with Gasteiger partial charge in [0.15, 0.2) is 0 Å². The Morgan fingerprint density at radius 2 is 1.78 bits per heavy atom. The Balaban J connectivity index is 4.44. The first kappa shape index (κ1) is 16.5. The Morgan fingerprint density at radius 1 is 1.22 bits per heavy atom. The number of rotatable bonds is 6. The molecule has 2 amide bonds. The van der Waals surface area contributed by atoms with E-state index in [2.05, 4.69) is 10.6 Å². The van der Waals surface area contributed by atoms with Crippen molar-refractivity contribution in [2.75, 3.05) is 20.1 Å². The average Bonchev–Trinajstić information content (AvgIpc) is 2.22. The van der Waals surface area contributed by atoms with Crippen molar-refractivity contribution in [1.29, 1.82) is 0 Å². The summed E-state index contributed by atoms with van der Waals surface area (Å²) < 4.78 is 37.6. The number of hydrogen-bond acceptors (Lipinski definition) is 3. The molecule has 0 spiro atoms. The first-order chi connectivity index (χ1) is 8.15. The maximum absolute atomic E-state index is 12.5. The molecule has 0 saturated carbocycles. The number of alkyl halides is 3. The van der Waals surface area contributed by atoms with Gasteiger partial charge in [0.25, 0.3) is 0 Å². The van der Waals surface area contributed by atoms with Crippen molar-refractivity contribution < 1.29 is 27.9 Å². The van der Waals surface area contributed by atoms with Crippen molar-refractivity contribution in [3.05, 3.63) is 0 Å². The molecule has 0 aliphatic heterocycles. The van der Waals surface area contributed by atoms with Crippen LogP contribution in [0.3, 0.4) is 0 Å². The molecule has 0 aromatic rings. The third kappa shape index (κ3) is 4.40. The van der Waals surface area contributed by atoms with Gasteiger partial charge in [-0.1, -0.05) is 0 Å². The predicted octanol–water partition coefficient (Wildman–Crippen LogP) is 0.301. The lowest BCUT2D eigenvalue weighted by Gasteiger charge is -2.28. The van der Waals surface area contributed by atoms with Gasteiger partial charge < -0.3 is 21.1 Å². The molecule has 0 rings (SSSR count). The second-order valence-electron chi connectivity index (χ2n) is 3.77. The fourth-order valence-corrected chi connectivity index (χ4v) is 0.984. The molecule has 0 saturated heterocycles. The fourth-order valence-electron chi connectivity index (χ4n) is 0.984. The van der Waals surface area contributed by atoms with Crippen molar-refractivity contribution in [2.45, 2.75) is 25.1 Å². The molecular formula is C9H16F3N3O3. The zero-order valence-corrected chi connectivity index (χ0v) is 10.0. The minimum Gasteiger partial charge on any atom is -0.479 e. The minimum absolute atomic E-state index is 0.139. The number of carboxylic acid groups (broad SMARTS) is 1. The zero-order chi connectivity index (χ0) is 14.4. The molecule has 0 aliphatic carbocycles. The average molecular weight is 271 g/mol. The van der Waals surface area contributed by atoms with E-state index in [0.29, 0.717) is 19.9 Å². The Bertz CT molecular complexity index is 309. The molecule has 0 heterocycles. The molecule has 0 fully saturated rings. The van der Waals surface area contributed by atoms with Crippen LogP contribution in [0.1, 0.15) is 13.3 Å². The third-order valence-electron chi connectivity index (χ3n) is 2.25. The maximum atomic E-state index is 12.5. The summed E-state index contributed by atoms with van der Waals surface area (Å²) in [4.78, 5) is 21.8. The van der Waals surface area contributed by atoms with E-state index < -0.39 is 23.7 Å². The number of carbonyl (C=O) groups excluding carboxylic acids is 1. The molecular weight excluding hydrogens is 255 g/mol. The van der Waals surface area contributed by atoms with E-state index in [1.807, 2.05) is 0 Å². The Morgan fingerprint density at radius 3 is 2.17 bits per heavy atom. The van der Waals surface area contributed by atoms with Gasteiger partial charge in [-0.3, -0.25) is 0 Å². The number of aliphatic carboxylic acids is 1. The van der Waals surface area contributed by atoms with Crippen molar-refractivity contribution in [3.8, 4) is 0 Å². The van der Waals surface area contributed by atoms with Gasteiger partial charge in [-0.25, -0.2) is 9.59 Å². The van der Waals surface area contributed by atoms with Gasteiger partial charge >= 0.3 is 18.2 Å². The van der Waals surface area contributed by atoms with E-state index in [1.165, 1.54) is 5.32 Å². The highest BCUT2D eigenvalue weighted by molar-refractivity contribution is 5.86. The first-order valence-corrected chi connectivity index (χ1v) is 5.16. The van der Waals surface area contributed by atoms with Gasteiger partial charge in [0.05, 0.1) is 0 Å². The Kier molecular flexibility index (Phi) is 5.89. The van der Waals surface area contributed by atoms with Gasteiger partial charge in [-0.2, -0.15) is 13.2 Å². The van der Waals surface area contributed by atoms with E-state index in [9.17, 15) is 22.8 Å². The molecule has 0 radical (unpaired) electrons. The van der Waals surface area contributed by atoms with E-state index in [1.54, 1.807) is 7.05 Å². The van der Waals surface area contributed by atoms with Gasteiger partial charge in [-0.15, -0.1) is 0 Å². The topological polar surface area (TPSA) is 90.5 Å². The zero-order valence-electron chi connectivity index (χ0n) is 10.0. The summed E-state index contributed by atoms with van der Waals surface area (Å²) in [5.74, 6) is -2.17. The van der Waals surface area contributed by atoms with Crippen LogP contribution >= 0.6 is 0 Å². The van der Waals surface area contributed by atoms with Crippen LogP contribution in [-0.4, -0.2) is 49.0 Å². The summed E-state index contributed by atoms with van der Waals surface area (Å²) in [6.45, 7) is 1.11. The number of carbonyl (C=O) groups is 2. The van der Waals surface area contributed by atoms with Crippen molar-refractivity contribution in [2.24, 2.45) is 0 Å². The summed E-state index contributed by atoms with van der Waals surface area (Å²) in [6, 6.07) is -1.17. The van der Waals surface area contributed by atoms with Crippen molar-refractivity contribution >= 4 is 12.0 Å². The smallest absolute Gasteiger partial charge is 0.422 e. The second-order valence-corrected chi connectivity index (χ2v) is 3.77. The van der Waals surface area contributed by atoms with Crippen LogP contribution in [0.2, 0.25) is 0 Å². The lowest BCUT2D eigenvalue weighted by atomic mass is 10.0. The van der Waals surface area contributed by atoms with E-state index >= 15 is 0 Å². The van der Waals surface area contributed by atoms with Crippen LogP contribution in [0.15, 0.2) is 0 Å². The maximum Gasteiger partial charge on any atom is 0.422 e. The Labute approximate surface area is 102 Å². The van der Waals surface area contributed by atoms with E-state index in [-0.39, 0.29) is 6.54 Å². The number of carboxylic acids is 1. The molecule has 0 aromatic heterocycles. The van der Waals surface area contributed by atoms with Crippen LogP contribution in [0.4, 0.5) is 18.0 Å². The summed E-state index contributed by atoms with van der Waals surface area (Å²) >= 11 is 0. The van der Waals surface area contributed by atoms with Crippen molar-refractivity contribution in [3.63, 3.8) is 0 Å². The number of urea groups is 1. The summed E-state index contributed by atoms with van der Waals surface area (Å²) in [5.41, 5.74) is -3.31. The SMILES string of the molecule is CNCCCNC(=O)NC(C)(C(=O)O)C(F)(F)F. The molecule has 0 bridgehead atoms. The molecule has 106 valence electrons. The molecule has 1 unspecified atom stereocenters. The number of hydrogen-bond donors (Lipinski definition) is 4. The highest BCUT2D eigenvalue weighted by Gasteiger charge is 2.58. The normalized spacial score (nSPS) is 14.7. The van der Waals surface area contributed by atoms with Gasteiger partial charge in [0, 0.05) is 6.54 Å².